The summed E-state index contributed by atoms with van der Waals surface area (Å²) < 4.78 is 0. The average Bonchev–Trinajstić information content (AvgIpc) is 2.92. The summed E-state index contributed by atoms with van der Waals surface area (Å²) in [6.07, 6.45) is 1.33. The minimum Gasteiger partial charge on any atom is -0.365 e. The lowest BCUT2D eigenvalue weighted by Gasteiger charge is -2.15. The highest BCUT2D eigenvalue weighted by Crippen LogP contribution is 2.23. The molecule has 1 fully saturated rings. The van der Waals surface area contributed by atoms with E-state index in [2.05, 4.69) is 20.6 Å². The molecule has 1 aromatic heterocycles. The number of benzene rings is 1. The molecule has 2 heterocycles. The third-order valence-electron chi connectivity index (χ3n) is 3.62. The van der Waals surface area contributed by atoms with Crippen LogP contribution in [0.3, 0.4) is 0 Å². The molecule has 1 aliphatic rings. The van der Waals surface area contributed by atoms with Crippen molar-refractivity contribution in [2.24, 2.45) is 5.73 Å². The number of carbonyl (C=O) groups is 2. The SMILES string of the molecule is Cc1cc(C)cc(Nc2nc(N3CCNC3=O)ncc2C(N)=O)c1. The summed E-state index contributed by atoms with van der Waals surface area (Å²) in [4.78, 5) is 33.2. The Hall–Kier alpha value is -3.16. The molecule has 0 radical (unpaired) electrons. The monoisotopic (exact) mass is 326 g/mol. The zero-order valence-corrected chi connectivity index (χ0v) is 13.5. The van der Waals surface area contributed by atoms with Crippen molar-refractivity contribution in [3.63, 3.8) is 0 Å². The third-order valence-corrected chi connectivity index (χ3v) is 3.62. The van der Waals surface area contributed by atoms with E-state index >= 15 is 0 Å². The molecule has 0 spiro atoms. The molecule has 0 unspecified atom stereocenters. The van der Waals surface area contributed by atoms with Crippen LogP contribution < -0.4 is 21.3 Å². The van der Waals surface area contributed by atoms with Gasteiger partial charge >= 0.3 is 6.03 Å². The molecule has 0 aliphatic carbocycles. The first kappa shape index (κ1) is 15.7. The van der Waals surface area contributed by atoms with Crippen molar-refractivity contribution in [3.05, 3.63) is 41.1 Å². The average molecular weight is 326 g/mol. The van der Waals surface area contributed by atoms with Crippen molar-refractivity contribution in [1.82, 2.24) is 15.3 Å². The fourth-order valence-electron chi connectivity index (χ4n) is 2.62. The molecule has 0 saturated carbocycles. The topological polar surface area (TPSA) is 113 Å². The summed E-state index contributed by atoms with van der Waals surface area (Å²) >= 11 is 0. The Kier molecular flexibility index (Phi) is 4.03. The molecule has 3 rings (SSSR count). The fourth-order valence-corrected chi connectivity index (χ4v) is 2.62. The number of aryl methyl sites for hydroxylation is 2. The number of carbonyl (C=O) groups excluding carboxylic acids is 2. The largest absolute Gasteiger partial charge is 0.365 e. The van der Waals surface area contributed by atoms with Crippen LogP contribution in [0.2, 0.25) is 0 Å². The Morgan fingerprint density at radius 2 is 2.00 bits per heavy atom. The van der Waals surface area contributed by atoms with Gasteiger partial charge in [-0.1, -0.05) is 6.07 Å². The minimum absolute atomic E-state index is 0.164. The molecule has 1 aromatic carbocycles. The van der Waals surface area contributed by atoms with Crippen molar-refractivity contribution >= 4 is 29.4 Å². The second-order valence-corrected chi connectivity index (χ2v) is 5.68. The highest BCUT2D eigenvalue weighted by atomic mass is 16.2. The van der Waals surface area contributed by atoms with Crippen molar-refractivity contribution in [2.45, 2.75) is 13.8 Å². The number of amides is 3. The van der Waals surface area contributed by atoms with Crippen molar-refractivity contribution in [1.29, 1.82) is 0 Å². The molecule has 3 amide bonds. The predicted octanol–water partition coefficient (Wildman–Crippen LogP) is 1.47. The first-order valence-corrected chi connectivity index (χ1v) is 7.51. The van der Waals surface area contributed by atoms with Crippen LogP contribution in [0.25, 0.3) is 0 Å². The molecule has 4 N–H and O–H groups in total. The maximum atomic E-state index is 11.8. The van der Waals surface area contributed by atoms with Gasteiger partial charge in [0.1, 0.15) is 11.4 Å². The molecule has 0 atom stereocenters. The summed E-state index contributed by atoms with van der Waals surface area (Å²) in [6.45, 7) is 4.96. The van der Waals surface area contributed by atoms with Crippen LogP contribution in [0.5, 0.6) is 0 Å². The van der Waals surface area contributed by atoms with E-state index in [1.54, 1.807) is 0 Å². The van der Waals surface area contributed by atoms with E-state index in [9.17, 15) is 9.59 Å². The summed E-state index contributed by atoms with van der Waals surface area (Å²) in [5.41, 5.74) is 8.50. The molecule has 8 heteroatoms. The number of nitrogens with one attached hydrogen (secondary N) is 2. The number of anilines is 3. The predicted molar refractivity (Wildman–Crippen MR) is 90.5 cm³/mol. The van der Waals surface area contributed by atoms with E-state index in [-0.39, 0.29) is 23.4 Å². The Bertz CT molecular complexity index is 800. The quantitative estimate of drug-likeness (QED) is 0.787. The Balaban J connectivity index is 2.00. The molecule has 2 aromatic rings. The first-order chi connectivity index (χ1) is 11.4. The van der Waals surface area contributed by atoms with Gasteiger partial charge in [0, 0.05) is 25.0 Å². The first-order valence-electron chi connectivity index (χ1n) is 7.51. The number of hydrogen-bond donors (Lipinski definition) is 3. The van der Waals surface area contributed by atoms with Crippen LogP contribution in [0.4, 0.5) is 22.2 Å². The maximum absolute atomic E-state index is 11.8. The molecule has 1 saturated heterocycles. The minimum atomic E-state index is -0.640. The number of nitrogens with two attached hydrogens (primary N) is 1. The van der Waals surface area contributed by atoms with Crippen LogP contribution >= 0.6 is 0 Å². The maximum Gasteiger partial charge on any atom is 0.324 e. The highest BCUT2D eigenvalue weighted by molar-refractivity contribution is 5.99. The number of primary amides is 1. The van der Waals surface area contributed by atoms with E-state index in [1.165, 1.54) is 11.1 Å². The highest BCUT2D eigenvalue weighted by Gasteiger charge is 2.25. The number of urea groups is 1. The lowest BCUT2D eigenvalue weighted by Crippen LogP contribution is -2.30. The van der Waals surface area contributed by atoms with E-state index in [1.807, 2.05) is 32.0 Å². The number of aromatic nitrogens is 2. The van der Waals surface area contributed by atoms with Crippen LogP contribution in [-0.4, -0.2) is 35.0 Å². The second-order valence-electron chi connectivity index (χ2n) is 5.68. The zero-order valence-electron chi connectivity index (χ0n) is 13.5. The number of nitrogens with zero attached hydrogens (tertiary/aromatic N) is 3. The lowest BCUT2D eigenvalue weighted by atomic mass is 10.1. The second kappa shape index (κ2) is 6.15. The molecular formula is C16H18N6O2. The van der Waals surface area contributed by atoms with Gasteiger partial charge in [-0.25, -0.2) is 9.78 Å². The van der Waals surface area contributed by atoms with E-state index in [4.69, 9.17) is 5.73 Å². The normalized spacial score (nSPS) is 13.8. The van der Waals surface area contributed by atoms with Gasteiger partial charge in [0.15, 0.2) is 0 Å². The molecule has 124 valence electrons. The molecule has 1 aliphatic heterocycles. The fraction of sp³-hybridized carbons (Fsp3) is 0.250. The molecule has 0 bridgehead atoms. The van der Waals surface area contributed by atoms with Crippen LogP contribution in [-0.2, 0) is 0 Å². The molecule has 24 heavy (non-hydrogen) atoms. The van der Waals surface area contributed by atoms with E-state index in [0.29, 0.717) is 13.1 Å². The van der Waals surface area contributed by atoms with Crippen LogP contribution in [0.15, 0.2) is 24.4 Å². The smallest absolute Gasteiger partial charge is 0.324 e. The van der Waals surface area contributed by atoms with Gasteiger partial charge in [0.25, 0.3) is 5.91 Å². The van der Waals surface area contributed by atoms with Crippen LogP contribution in [0, 0.1) is 13.8 Å². The van der Waals surface area contributed by atoms with Crippen LogP contribution in [0.1, 0.15) is 21.5 Å². The Labute approximate surface area is 139 Å². The van der Waals surface area contributed by atoms with Crippen molar-refractivity contribution < 1.29 is 9.59 Å². The van der Waals surface area contributed by atoms with Gasteiger partial charge in [-0.15, -0.1) is 0 Å². The standard InChI is InChI=1S/C16H18N6O2/c1-9-5-10(2)7-11(6-9)20-14-12(13(17)23)8-19-15(21-14)22-4-3-18-16(22)24/h5-8H,3-4H2,1-2H3,(H2,17,23)(H,18,24)(H,19,20,21). The summed E-state index contributed by atoms with van der Waals surface area (Å²) in [5, 5.41) is 5.79. The molecular weight excluding hydrogens is 308 g/mol. The van der Waals surface area contributed by atoms with E-state index < -0.39 is 5.91 Å². The van der Waals surface area contributed by atoms with Crippen molar-refractivity contribution in [3.8, 4) is 0 Å². The van der Waals surface area contributed by atoms with Gasteiger partial charge in [-0.2, -0.15) is 4.98 Å². The zero-order chi connectivity index (χ0) is 17.3. The summed E-state index contributed by atoms with van der Waals surface area (Å²) in [7, 11) is 0. The van der Waals surface area contributed by atoms with Crippen molar-refractivity contribution in [2.75, 3.05) is 23.3 Å². The summed E-state index contributed by atoms with van der Waals surface area (Å²) in [6, 6.07) is 5.64. The summed E-state index contributed by atoms with van der Waals surface area (Å²) in [5.74, 6) is -0.140. The van der Waals surface area contributed by atoms with Gasteiger partial charge < -0.3 is 16.4 Å². The Morgan fingerprint density at radius 1 is 1.29 bits per heavy atom. The van der Waals surface area contributed by atoms with Gasteiger partial charge in [-0.3, -0.25) is 9.69 Å². The lowest BCUT2D eigenvalue weighted by molar-refractivity contribution is 0.100. The van der Waals surface area contributed by atoms with E-state index in [0.717, 1.165) is 16.8 Å². The van der Waals surface area contributed by atoms with Gasteiger partial charge in [-0.05, 0) is 37.1 Å². The number of rotatable bonds is 4. The third kappa shape index (κ3) is 3.12. The van der Waals surface area contributed by atoms with Gasteiger partial charge in [0.05, 0.1) is 0 Å². The Morgan fingerprint density at radius 3 is 2.58 bits per heavy atom. The van der Waals surface area contributed by atoms with Gasteiger partial charge in [0.2, 0.25) is 5.95 Å². The number of hydrogen-bond acceptors (Lipinski definition) is 5. The molecule has 8 nitrogen and oxygen atoms in total.